The summed E-state index contributed by atoms with van der Waals surface area (Å²) in [5.41, 5.74) is 7.05. The van der Waals surface area contributed by atoms with Crippen molar-refractivity contribution in [3.05, 3.63) is 12.4 Å². The molecule has 2 N–H and O–H groups in total. The molecule has 0 aromatic carbocycles. The Morgan fingerprint density at radius 2 is 1.91 bits per heavy atom. The number of aromatic nitrogens is 2. The SMILES string of the molecule is Cl.Cl.Cn1cc(N2CCN(C(=O)C3CCC(N)C3)CC2)cn1. The Morgan fingerprint density at radius 1 is 1.23 bits per heavy atom. The van der Waals surface area contributed by atoms with Crippen molar-refractivity contribution < 1.29 is 4.79 Å². The molecule has 2 unspecified atom stereocenters. The lowest BCUT2D eigenvalue weighted by atomic mass is 10.1. The molecule has 2 atom stereocenters. The second-order valence-electron chi connectivity index (χ2n) is 5.95. The highest BCUT2D eigenvalue weighted by molar-refractivity contribution is 5.85. The van der Waals surface area contributed by atoms with Crippen molar-refractivity contribution in [2.24, 2.45) is 18.7 Å². The zero-order chi connectivity index (χ0) is 14.1. The number of hydrogen-bond donors (Lipinski definition) is 1. The van der Waals surface area contributed by atoms with Crippen LogP contribution >= 0.6 is 24.8 Å². The van der Waals surface area contributed by atoms with Crippen LogP contribution in [0.15, 0.2) is 12.4 Å². The highest BCUT2D eigenvalue weighted by Crippen LogP contribution is 2.26. The van der Waals surface area contributed by atoms with E-state index in [0.717, 1.165) is 51.1 Å². The number of piperazine rings is 1. The van der Waals surface area contributed by atoms with E-state index in [1.807, 2.05) is 29.0 Å². The van der Waals surface area contributed by atoms with Crippen LogP contribution < -0.4 is 10.6 Å². The van der Waals surface area contributed by atoms with Crippen LogP contribution in [0.25, 0.3) is 0 Å². The summed E-state index contributed by atoms with van der Waals surface area (Å²) < 4.78 is 1.81. The maximum absolute atomic E-state index is 12.4. The molecule has 3 rings (SSSR count). The van der Waals surface area contributed by atoms with Gasteiger partial charge in [0.1, 0.15) is 0 Å². The minimum absolute atomic E-state index is 0. The van der Waals surface area contributed by atoms with Crippen LogP contribution in [0.5, 0.6) is 0 Å². The summed E-state index contributed by atoms with van der Waals surface area (Å²) in [4.78, 5) is 16.7. The van der Waals surface area contributed by atoms with Crippen molar-refractivity contribution in [3.63, 3.8) is 0 Å². The van der Waals surface area contributed by atoms with Gasteiger partial charge >= 0.3 is 0 Å². The number of amides is 1. The lowest BCUT2D eigenvalue weighted by Crippen LogP contribution is -2.50. The molecule has 8 heteroatoms. The number of rotatable bonds is 2. The van der Waals surface area contributed by atoms with E-state index in [1.165, 1.54) is 0 Å². The first-order chi connectivity index (χ1) is 9.63. The smallest absolute Gasteiger partial charge is 0.225 e. The number of nitrogens with two attached hydrogens (primary N) is 1. The van der Waals surface area contributed by atoms with Gasteiger partial charge in [0.2, 0.25) is 5.91 Å². The first-order valence-electron chi connectivity index (χ1n) is 7.41. The minimum atomic E-state index is 0. The molecule has 1 aromatic rings. The Morgan fingerprint density at radius 3 is 2.41 bits per heavy atom. The largest absolute Gasteiger partial charge is 0.365 e. The van der Waals surface area contributed by atoms with Crippen molar-refractivity contribution in [1.82, 2.24) is 14.7 Å². The van der Waals surface area contributed by atoms with Gasteiger partial charge in [0.15, 0.2) is 0 Å². The van der Waals surface area contributed by atoms with Gasteiger partial charge in [-0.15, -0.1) is 24.8 Å². The van der Waals surface area contributed by atoms with Crippen molar-refractivity contribution in [2.75, 3.05) is 31.1 Å². The van der Waals surface area contributed by atoms with E-state index in [4.69, 9.17) is 5.73 Å². The summed E-state index contributed by atoms with van der Waals surface area (Å²) in [6, 6.07) is 0.223. The Labute approximate surface area is 143 Å². The zero-order valence-corrected chi connectivity index (χ0v) is 14.5. The van der Waals surface area contributed by atoms with Crippen LogP contribution in [-0.2, 0) is 11.8 Å². The summed E-state index contributed by atoms with van der Waals surface area (Å²) in [6.07, 6.45) is 6.72. The van der Waals surface area contributed by atoms with E-state index in [2.05, 4.69) is 10.00 Å². The summed E-state index contributed by atoms with van der Waals surface area (Å²) in [5.74, 6) is 0.471. The van der Waals surface area contributed by atoms with Crippen molar-refractivity contribution in [3.8, 4) is 0 Å². The van der Waals surface area contributed by atoms with Crippen molar-refractivity contribution in [1.29, 1.82) is 0 Å². The van der Waals surface area contributed by atoms with Gasteiger partial charge in [-0.1, -0.05) is 0 Å². The molecule has 1 saturated heterocycles. The van der Waals surface area contributed by atoms with Gasteiger partial charge in [-0.3, -0.25) is 9.48 Å². The summed E-state index contributed by atoms with van der Waals surface area (Å²) in [5, 5.41) is 4.20. The molecule has 126 valence electrons. The zero-order valence-electron chi connectivity index (χ0n) is 12.9. The Hall–Kier alpha value is -0.980. The molecular formula is C14H25Cl2N5O. The third-order valence-electron chi connectivity index (χ3n) is 4.47. The lowest BCUT2D eigenvalue weighted by molar-refractivity contribution is -0.135. The summed E-state index contributed by atoms with van der Waals surface area (Å²) >= 11 is 0. The van der Waals surface area contributed by atoms with E-state index < -0.39 is 0 Å². The topological polar surface area (TPSA) is 67.4 Å². The van der Waals surface area contributed by atoms with Gasteiger partial charge in [-0.25, -0.2) is 0 Å². The molecule has 0 spiro atoms. The van der Waals surface area contributed by atoms with Gasteiger partial charge in [0.05, 0.1) is 11.9 Å². The number of aryl methyl sites for hydroxylation is 1. The van der Waals surface area contributed by atoms with E-state index in [1.54, 1.807) is 0 Å². The van der Waals surface area contributed by atoms with Gasteiger partial charge in [-0.2, -0.15) is 5.10 Å². The Bertz CT molecular complexity index is 487. The monoisotopic (exact) mass is 349 g/mol. The third-order valence-corrected chi connectivity index (χ3v) is 4.47. The number of anilines is 1. The van der Waals surface area contributed by atoms with E-state index in [-0.39, 0.29) is 36.8 Å². The fourth-order valence-electron chi connectivity index (χ4n) is 3.26. The van der Waals surface area contributed by atoms with Gasteiger partial charge in [-0.05, 0) is 19.3 Å². The van der Waals surface area contributed by atoms with E-state index in [0.29, 0.717) is 5.91 Å². The molecule has 1 aromatic heterocycles. The van der Waals surface area contributed by atoms with Gasteiger partial charge in [0.25, 0.3) is 0 Å². The van der Waals surface area contributed by atoms with Crippen LogP contribution in [0.4, 0.5) is 5.69 Å². The number of hydrogen-bond acceptors (Lipinski definition) is 4. The third kappa shape index (κ3) is 4.06. The number of halogens is 2. The second-order valence-corrected chi connectivity index (χ2v) is 5.95. The Kier molecular flexibility index (Phi) is 6.97. The van der Waals surface area contributed by atoms with Gasteiger partial charge in [0, 0.05) is 51.4 Å². The van der Waals surface area contributed by atoms with E-state index in [9.17, 15) is 4.79 Å². The second kappa shape index (κ2) is 8.04. The maximum Gasteiger partial charge on any atom is 0.225 e. The molecule has 2 fully saturated rings. The van der Waals surface area contributed by atoms with E-state index >= 15 is 0 Å². The predicted molar refractivity (Wildman–Crippen MR) is 91.8 cm³/mol. The molecule has 0 bridgehead atoms. The number of carbonyl (C=O) groups is 1. The lowest BCUT2D eigenvalue weighted by Gasteiger charge is -2.36. The van der Waals surface area contributed by atoms with Crippen molar-refractivity contribution in [2.45, 2.75) is 25.3 Å². The molecular weight excluding hydrogens is 325 g/mol. The van der Waals surface area contributed by atoms with Crippen LogP contribution in [0, 0.1) is 5.92 Å². The number of nitrogens with zero attached hydrogens (tertiary/aromatic N) is 4. The van der Waals surface area contributed by atoms with Gasteiger partial charge < -0.3 is 15.5 Å². The first kappa shape index (κ1) is 19.1. The van der Waals surface area contributed by atoms with Crippen molar-refractivity contribution >= 4 is 36.4 Å². The molecule has 1 aliphatic carbocycles. The van der Waals surface area contributed by atoms with Crippen LogP contribution in [0.1, 0.15) is 19.3 Å². The maximum atomic E-state index is 12.4. The molecule has 2 aliphatic rings. The highest BCUT2D eigenvalue weighted by atomic mass is 35.5. The highest BCUT2D eigenvalue weighted by Gasteiger charge is 2.32. The number of carbonyl (C=O) groups excluding carboxylic acids is 1. The molecule has 22 heavy (non-hydrogen) atoms. The average molecular weight is 350 g/mol. The summed E-state index contributed by atoms with van der Waals surface area (Å²) in [6.45, 7) is 3.38. The van der Waals surface area contributed by atoms with Crippen LogP contribution in [-0.4, -0.2) is 52.8 Å². The summed E-state index contributed by atoms with van der Waals surface area (Å²) in [7, 11) is 1.92. The molecule has 1 amide bonds. The molecule has 2 heterocycles. The quantitative estimate of drug-likeness (QED) is 0.866. The first-order valence-corrected chi connectivity index (χ1v) is 7.41. The fraction of sp³-hybridized carbons (Fsp3) is 0.714. The predicted octanol–water partition coefficient (Wildman–Crippen LogP) is 1.04. The molecule has 0 radical (unpaired) electrons. The molecule has 6 nitrogen and oxygen atoms in total. The van der Waals surface area contributed by atoms with Crippen LogP contribution in [0.3, 0.4) is 0 Å². The van der Waals surface area contributed by atoms with Crippen LogP contribution in [0.2, 0.25) is 0 Å². The molecule has 1 saturated carbocycles. The normalized spacial score (nSPS) is 24.6. The Balaban J connectivity index is 0.00000121. The fourth-order valence-corrected chi connectivity index (χ4v) is 3.26. The molecule has 1 aliphatic heterocycles. The standard InChI is InChI=1S/C14H23N5O.2ClH/c1-17-10-13(9-16-17)18-4-6-19(7-5-18)14(20)11-2-3-12(15)8-11;;/h9-12H,2-8,15H2,1H3;2*1H. The minimum Gasteiger partial charge on any atom is -0.365 e. The average Bonchev–Trinajstić information content (AvgIpc) is 3.07.